The first-order valence-electron chi connectivity index (χ1n) is 10.0. The lowest BCUT2D eigenvalue weighted by molar-refractivity contribution is -0.132. The fraction of sp³-hybridized carbons (Fsp3) is 0.684. The monoisotopic (exact) mass is 459 g/mol. The third-order valence-corrected chi connectivity index (χ3v) is 9.18. The highest BCUT2D eigenvalue weighted by molar-refractivity contribution is 7.99. The van der Waals surface area contributed by atoms with E-state index in [1.807, 2.05) is 4.90 Å². The molecule has 2 aliphatic rings. The summed E-state index contributed by atoms with van der Waals surface area (Å²) in [4.78, 5) is 29.2. The minimum absolute atomic E-state index is 0.120. The SMILES string of the molecule is CC(C)CCC(=O)N1CCN(C(=O)c2sccc2S(=O)(=O)N2CCSCC2)CC1. The summed E-state index contributed by atoms with van der Waals surface area (Å²) in [5.74, 6) is 1.92. The molecular weight excluding hydrogens is 430 g/mol. The van der Waals surface area contributed by atoms with E-state index in [-0.39, 0.29) is 21.6 Å². The van der Waals surface area contributed by atoms with Crippen molar-refractivity contribution >= 4 is 44.9 Å². The molecule has 0 N–H and O–H groups in total. The Kier molecular flexibility index (Phi) is 7.63. The van der Waals surface area contributed by atoms with Gasteiger partial charge in [-0.3, -0.25) is 9.59 Å². The molecule has 0 aliphatic carbocycles. The van der Waals surface area contributed by atoms with Gasteiger partial charge in [0.15, 0.2) is 0 Å². The predicted octanol–water partition coefficient (Wildman–Crippen LogP) is 2.21. The third-order valence-electron chi connectivity index (χ3n) is 5.27. The number of hydrogen-bond donors (Lipinski definition) is 0. The van der Waals surface area contributed by atoms with E-state index in [1.54, 1.807) is 28.1 Å². The van der Waals surface area contributed by atoms with E-state index < -0.39 is 10.0 Å². The Bertz CT molecular complexity index is 824. The van der Waals surface area contributed by atoms with Gasteiger partial charge in [-0.2, -0.15) is 16.1 Å². The second-order valence-corrected chi connectivity index (χ2v) is 11.8. The molecule has 1 aromatic heterocycles. The Morgan fingerprint density at radius 2 is 1.66 bits per heavy atom. The van der Waals surface area contributed by atoms with Gasteiger partial charge in [0.05, 0.1) is 0 Å². The smallest absolute Gasteiger partial charge is 0.265 e. The number of sulfonamides is 1. The van der Waals surface area contributed by atoms with Crippen LogP contribution in [0.1, 0.15) is 36.4 Å². The molecule has 1 aromatic rings. The Morgan fingerprint density at radius 1 is 1.03 bits per heavy atom. The van der Waals surface area contributed by atoms with Crippen molar-refractivity contribution in [3.05, 3.63) is 16.3 Å². The number of amides is 2. The van der Waals surface area contributed by atoms with E-state index >= 15 is 0 Å². The Morgan fingerprint density at radius 3 is 2.28 bits per heavy atom. The summed E-state index contributed by atoms with van der Waals surface area (Å²) in [6.45, 7) is 7.02. The number of thioether (sulfide) groups is 1. The molecule has 0 atom stereocenters. The number of thiophene rings is 1. The summed E-state index contributed by atoms with van der Waals surface area (Å²) >= 11 is 2.92. The van der Waals surface area contributed by atoms with Gasteiger partial charge in [0.2, 0.25) is 15.9 Å². The standard InChI is InChI=1S/C19H29N3O4S3/c1-15(2)3-4-17(23)20-6-8-21(9-7-20)19(24)18-16(5-12-28-18)29(25,26)22-10-13-27-14-11-22/h5,12,15H,3-4,6-11,13-14H2,1-2H3. The highest BCUT2D eigenvalue weighted by atomic mass is 32.2. The zero-order chi connectivity index (χ0) is 21.0. The highest BCUT2D eigenvalue weighted by Crippen LogP contribution is 2.28. The zero-order valence-corrected chi connectivity index (χ0v) is 19.5. The van der Waals surface area contributed by atoms with Crippen LogP contribution in [0.2, 0.25) is 0 Å². The molecule has 2 fully saturated rings. The maximum Gasteiger partial charge on any atom is 0.265 e. The maximum atomic E-state index is 13.0. The first-order chi connectivity index (χ1) is 13.8. The number of carbonyl (C=O) groups excluding carboxylic acids is 2. The van der Waals surface area contributed by atoms with Gasteiger partial charge in [-0.25, -0.2) is 8.42 Å². The molecule has 0 saturated carbocycles. The quantitative estimate of drug-likeness (QED) is 0.652. The van der Waals surface area contributed by atoms with E-state index in [0.717, 1.165) is 17.9 Å². The van der Waals surface area contributed by atoms with Gasteiger partial charge in [0, 0.05) is 57.2 Å². The van der Waals surface area contributed by atoms with Gasteiger partial charge >= 0.3 is 0 Å². The van der Waals surface area contributed by atoms with Crippen molar-refractivity contribution in [3.63, 3.8) is 0 Å². The molecular formula is C19H29N3O4S3. The Balaban J connectivity index is 1.64. The third kappa shape index (κ3) is 5.34. The molecule has 7 nitrogen and oxygen atoms in total. The van der Waals surface area contributed by atoms with Gasteiger partial charge in [0.25, 0.3) is 5.91 Å². The van der Waals surface area contributed by atoms with E-state index in [9.17, 15) is 18.0 Å². The summed E-state index contributed by atoms with van der Waals surface area (Å²) in [6, 6.07) is 1.54. The van der Waals surface area contributed by atoms with Crippen LogP contribution < -0.4 is 0 Å². The van der Waals surface area contributed by atoms with Crippen LogP contribution in [0.3, 0.4) is 0 Å². The lowest BCUT2D eigenvalue weighted by Crippen LogP contribution is -2.50. The zero-order valence-electron chi connectivity index (χ0n) is 17.0. The minimum atomic E-state index is -3.65. The Labute approximate surface area is 181 Å². The highest BCUT2D eigenvalue weighted by Gasteiger charge is 2.33. The van der Waals surface area contributed by atoms with Crippen LogP contribution in [0.15, 0.2) is 16.3 Å². The van der Waals surface area contributed by atoms with E-state index in [0.29, 0.717) is 51.6 Å². The van der Waals surface area contributed by atoms with Crippen LogP contribution in [0, 0.1) is 5.92 Å². The average molecular weight is 460 g/mol. The second-order valence-electron chi connectivity index (χ2n) is 7.74. The molecule has 2 aliphatic heterocycles. The summed E-state index contributed by atoms with van der Waals surface area (Å²) < 4.78 is 27.5. The number of nitrogens with zero attached hydrogens (tertiary/aromatic N) is 3. The summed E-state index contributed by atoms with van der Waals surface area (Å²) in [5, 5.41) is 1.67. The van der Waals surface area contributed by atoms with Crippen molar-refractivity contribution in [2.75, 3.05) is 50.8 Å². The fourth-order valence-electron chi connectivity index (χ4n) is 3.46. The predicted molar refractivity (Wildman–Crippen MR) is 117 cm³/mol. The summed E-state index contributed by atoms with van der Waals surface area (Å²) in [6.07, 6.45) is 1.40. The second kappa shape index (κ2) is 9.80. The van der Waals surface area contributed by atoms with Crippen LogP contribution in [0.5, 0.6) is 0 Å². The molecule has 0 aromatic carbocycles. The molecule has 29 heavy (non-hydrogen) atoms. The van der Waals surface area contributed by atoms with Crippen LogP contribution in [0.4, 0.5) is 0 Å². The maximum absolute atomic E-state index is 13.0. The molecule has 0 bridgehead atoms. The molecule has 2 amide bonds. The molecule has 162 valence electrons. The van der Waals surface area contributed by atoms with Crippen LogP contribution in [0.25, 0.3) is 0 Å². The molecule has 0 radical (unpaired) electrons. The molecule has 0 unspecified atom stereocenters. The first kappa shape index (κ1) is 22.6. The normalized spacial score (nSPS) is 19.0. The van der Waals surface area contributed by atoms with Gasteiger partial charge in [0.1, 0.15) is 9.77 Å². The van der Waals surface area contributed by atoms with Crippen LogP contribution >= 0.6 is 23.1 Å². The van der Waals surface area contributed by atoms with E-state index in [4.69, 9.17) is 0 Å². The molecule has 2 saturated heterocycles. The van der Waals surface area contributed by atoms with Crippen molar-refractivity contribution in [3.8, 4) is 0 Å². The van der Waals surface area contributed by atoms with Crippen molar-refractivity contribution in [2.24, 2.45) is 5.92 Å². The molecule has 3 heterocycles. The van der Waals surface area contributed by atoms with Crippen molar-refractivity contribution in [1.29, 1.82) is 0 Å². The van der Waals surface area contributed by atoms with Crippen molar-refractivity contribution in [1.82, 2.24) is 14.1 Å². The van der Waals surface area contributed by atoms with Gasteiger partial charge in [-0.05, 0) is 23.8 Å². The van der Waals surface area contributed by atoms with Gasteiger partial charge < -0.3 is 9.80 Å². The van der Waals surface area contributed by atoms with E-state index in [2.05, 4.69) is 13.8 Å². The largest absolute Gasteiger partial charge is 0.339 e. The molecule has 3 rings (SSSR count). The van der Waals surface area contributed by atoms with Gasteiger partial charge in [-0.15, -0.1) is 11.3 Å². The fourth-order valence-corrected chi connectivity index (χ4v) is 7.39. The average Bonchev–Trinajstić information content (AvgIpc) is 3.23. The lowest BCUT2D eigenvalue weighted by atomic mass is 10.1. The van der Waals surface area contributed by atoms with Crippen molar-refractivity contribution in [2.45, 2.75) is 31.6 Å². The van der Waals surface area contributed by atoms with Crippen LogP contribution in [-0.4, -0.2) is 85.1 Å². The minimum Gasteiger partial charge on any atom is -0.339 e. The first-order valence-corrected chi connectivity index (χ1v) is 13.5. The number of hydrogen-bond acceptors (Lipinski definition) is 6. The summed E-state index contributed by atoms with van der Waals surface area (Å²) in [7, 11) is -3.65. The number of carbonyl (C=O) groups is 2. The van der Waals surface area contributed by atoms with Gasteiger partial charge in [-0.1, -0.05) is 13.8 Å². The number of piperazine rings is 1. The Hall–Kier alpha value is -1.10. The lowest BCUT2D eigenvalue weighted by Gasteiger charge is -2.35. The molecule has 10 heteroatoms. The topological polar surface area (TPSA) is 78.0 Å². The number of rotatable bonds is 6. The molecule has 0 spiro atoms. The van der Waals surface area contributed by atoms with Crippen LogP contribution in [-0.2, 0) is 14.8 Å². The summed E-state index contributed by atoms with van der Waals surface area (Å²) in [5.41, 5.74) is 0. The van der Waals surface area contributed by atoms with Crippen molar-refractivity contribution < 1.29 is 18.0 Å². The van der Waals surface area contributed by atoms with E-state index in [1.165, 1.54) is 15.6 Å².